The normalized spacial score (nSPS) is 16.4. The number of benzene rings is 1. The van der Waals surface area contributed by atoms with E-state index in [0.29, 0.717) is 32.6 Å². The Kier molecular flexibility index (Phi) is 8.79. The van der Waals surface area contributed by atoms with Crippen LogP contribution in [0.5, 0.6) is 0 Å². The number of halogens is 1. The van der Waals surface area contributed by atoms with E-state index in [1.54, 1.807) is 7.05 Å². The fourth-order valence-corrected chi connectivity index (χ4v) is 5.37. The van der Waals surface area contributed by atoms with E-state index in [2.05, 4.69) is 10.0 Å². The Morgan fingerprint density at radius 3 is 2.28 bits per heavy atom. The summed E-state index contributed by atoms with van der Waals surface area (Å²) in [6, 6.07) is 5.57. The first kappa shape index (κ1) is 22.3. The van der Waals surface area contributed by atoms with Crippen molar-refractivity contribution >= 4 is 32.5 Å². The minimum Gasteiger partial charge on any atom is -0.320 e. The first-order valence-electron chi connectivity index (χ1n) is 8.12. The molecular weight excluding hydrogens is 386 g/mol. The molecule has 0 saturated carbocycles. The van der Waals surface area contributed by atoms with E-state index >= 15 is 0 Å². The lowest BCUT2D eigenvalue weighted by atomic mass is 10.2. The average molecular weight is 412 g/mol. The molecule has 0 radical (unpaired) electrons. The van der Waals surface area contributed by atoms with Crippen LogP contribution in [0.2, 0.25) is 0 Å². The zero-order valence-corrected chi connectivity index (χ0v) is 16.7. The molecule has 0 aliphatic carbocycles. The highest BCUT2D eigenvalue weighted by Gasteiger charge is 2.27. The van der Waals surface area contributed by atoms with Crippen molar-refractivity contribution in [3.63, 3.8) is 0 Å². The zero-order valence-electron chi connectivity index (χ0n) is 14.3. The van der Waals surface area contributed by atoms with Gasteiger partial charge in [0.05, 0.1) is 9.79 Å². The third kappa shape index (κ3) is 5.90. The SMILES string of the molecule is CNCCCNS(=O)(=O)c1cccc(S(=O)(=O)N2CCCCC2)c1.Cl. The van der Waals surface area contributed by atoms with Crippen molar-refractivity contribution in [1.82, 2.24) is 14.3 Å². The standard InChI is InChI=1S/C15H25N3O4S2.ClH/c1-16-9-6-10-17-23(19,20)14-7-5-8-15(13-14)24(21,22)18-11-3-2-4-12-18;/h5,7-8,13,16-17H,2-4,6,9-12H2,1H3;1H. The van der Waals surface area contributed by atoms with Crippen LogP contribution in [0.15, 0.2) is 34.1 Å². The maximum atomic E-state index is 12.7. The van der Waals surface area contributed by atoms with Crippen LogP contribution < -0.4 is 10.0 Å². The quantitative estimate of drug-likeness (QED) is 0.626. The number of sulfonamides is 2. The summed E-state index contributed by atoms with van der Waals surface area (Å²) in [5, 5.41) is 2.94. The molecular formula is C15H26ClN3O4S2. The van der Waals surface area contributed by atoms with E-state index in [-0.39, 0.29) is 22.2 Å². The number of nitrogens with zero attached hydrogens (tertiary/aromatic N) is 1. The van der Waals surface area contributed by atoms with Gasteiger partial charge in [-0.15, -0.1) is 12.4 Å². The molecule has 1 aliphatic rings. The molecule has 144 valence electrons. The minimum atomic E-state index is -3.71. The smallest absolute Gasteiger partial charge is 0.243 e. The minimum absolute atomic E-state index is 0. The topological polar surface area (TPSA) is 95.6 Å². The van der Waals surface area contributed by atoms with Crippen molar-refractivity contribution < 1.29 is 16.8 Å². The lowest BCUT2D eigenvalue weighted by Gasteiger charge is -2.26. The lowest BCUT2D eigenvalue weighted by Crippen LogP contribution is -2.35. The Morgan fingerprint density at radius 1 is 1.00 bits per heavy atom. The highest BCUT2D eigenvalue weighted by Crippen LogP contribution is 2.22. The second kappa shape index (κ2) is 9.84. The molecule has 1 aromatic carbocycles. The molecule has 1 fully saturated rings. The van der Waals surface area contributed by atoms with Gasteiger partial charge >= 0.3 is 0 Å². The summed E-state index contributed by atoms with van der Waals surface area (Å²) in [5.41, 5.74) is 0. The van der Waals surface area contributed by atoms with Crippen molar-refractivity contribution in [1.29, 1.82) is 0 Å². The van der Waals surface area contributed by atoms with Crippen LogP contribution in [-0.4, -0.2) is 54.4 Å². The fraction of sp³-hybridized carbons (Fsp3) is 0.600. The Morgan fingerprint density at radius 2 is 1.64 bits per heavy atom. The first-order valence-corrected chi connectivity index (χ1v) is 11.0. The highest BCUT2D eigenvalue weighted by atomic mass is 35.5. The molecule has 2 N–H and O–H groups in total. The molecule has 0 aromatic heterocycles. The Balaban J connectivity index is 0.00000312. The van der Waals surface area contributed by atoms with Gasteiger partial charge < -0.3 is 5.32 Å². The molecule has 0 spiro atoms. The monoisotopic (exact) mass is 411 g/mol. The van der Waals surface area contributed by atoms with E-state index in [4.69, 9.17) is 0 Å². The first-order chi connectivity index (χ1) is 11.4. The van der Waals surface area contributed by atoms with Gasteiger partial charge in [-0.1, -0.05) is 12.5 Å². The van der Waals surface area contributed by atoms with Crippen LogP contribution in [-0.2, 0) is 20.0 Å². The van der Waals surface area contributed by atoms with Crippen LogP contribution in [0.3, 0.4) is 0 Å². The molecule has 0 unspecified atom stereocenters. The van der Waals surface area contributed by atoms with Gasteiger partial charge in [-0.3, -0.25) is 0 Å². The summed E-state index contributed by atoms with van der Waals surface area (Å²) in [7, 11) is -5.56. The predicted octanol–water partition coefficient (Wildman–Crippen LogP) is 1.17. The van der Waals surface area contributed by atoms with Crippen molar-refractivity contribution in [2.24, 2.45) is 0 Å². The fourth-order valence-electron chi connectivity index (χ4n) is 2.61. The average Bonchev–Trinajstić information content (AvgIpc) is 2.60. The summed E-state index contributed by atoms with van der Waals surface area (Å²) >= 11 is 0. The molecule has 0 atom stereocenters. The molecule has 0 bridgehead atoms. The second-order valence-electron chi connectivity index (χ2n) is 5.79. The Labute approximate surface area is 156 Å². The summed E-state index contributed by atoms with van der Waals surface area (Å²) in [5.74, 6) is 0. The molecule has 25 heavy (non-hydrogen) atoms. The number of piperidine rings is 1. The third-order valence-corrected chi connectivity index (χ3v) is 7.32. The summed E-state index contributed by atoms with van der Waals surface area (Å²) in [4.78, 5) is 0.00698. The largest absolute Gasteiger partial charge is 0.320 e. The van der Waals surface area contributed by atoms with Crippen LogP contribution in [0.4, 0.5) is 0 Å². The van der Waals surface area contributed by atoms with Crippen LogP contribution >= 0.6 is 12.4 Å². The van der Waals surface area contributed by atoms with Crippen molar-refractivity contribution in [2.45, 2.75) is 35.5 Å². The van der Waals surface area contributed by atoms with Gasteiger partial charge in [-0.05, 0) is 51.1 Å². The number of rotatable bonds is 8. The van der Waals surface area contributed by atoms with E-state index in [1.807, 2.05) is 0 Å². The number of hydrogen-bond acceptors (Lipinski definition) is 5. The van der Waals surface area contributed by atoms with Crippen molar-refractivity contribution in [3.05, 3.63) is 24.3 Å². The summed E-state index contributed by atoms with van der Waals surface area (Å²) in [6.07, 6.45) is 3.35. The lowest BCUT2D eigenvalue weighted by molar-refractivity contribution is 0.346. The molecule has 1 aliphatic heterocycles. The van der Waals surface area contributed by atoms with Crippen molar-refractivity contribution in [2.75, 3.05) is 33.2 Å². The van der Waals surface area contributed by atoms with E-state index in [9.17, 15) is 16.8 Å². The summed E-state index contributed by atoms with van der Waals surface area (Å²) in [6.45, 7) is 1.97. The number of nitrogens with one attached hydrogen (secondary N) is 2. The van der Waals surface area contributed by atoms with Gasteiger partial charge in [0.25, 0.3) is 0 Å². The van der Waals surface area contributed by atoms with Gasteiger partial charge in [0.15, 0.2) is 0 Å². The van der Waals surface area contributed by atoms with Gasteiger partial charge in [0, 0.05) is 19.6 Å². The van der Waals surface area contributed by atoms with E-state index in [1.165, 1.54) is 28.6 Å². The maximum Gasteiger partial charge on any atom is 0.243 e. The van der Waals surface area contributed by atoms with Crippen LogP contribution in [0.25, 0.3) is 0 Å². The maximum absolute atomic E-state index is 12.7. The van der Waals surface area contributed by atoms with Crippen LogP contribution in [0.1, 0.15) is 25.7 Å². The van der Waals surface area contributed by atoms with Gasteiger partial charge in [-0.25, -0.2) is 21.6 Å². The van der Waals surface area contributed by atoms with E-state index < -0.39 is 20.0 Å². The van der Waals surface area contributed by atoms with Gasteiger partial charge in [0.2, 0.25) is 20.0 Å². The number of hydrogen-bond donors (Lipinski definition) is 2. The molecule has 2 rings (SSSR count). The molecule has 0 amide bonds. The molecule has 10 heteroatoms. The van der Waals surface area contributed by atoms with Gasteiger partial charge in [-0.2, -0.15) is 4.31 Å². The Hall–Kier alpha value is -0.710. The molecule has 1 aromatic rings. The Bertz CT molecular complexity index is 748. The van der Waals surface area contributed by atoms with E-state index in [0.717, 1.165) is 19.3 Å². The van der Waals surface area contributed by atoms with Crippen molar-refractivity contribution in [3.8, 4) is 0 Å². The summed E-state index contributed by atoms with van der Waals surface area (Å²) < 4.78 is 53.9. The third-order valence-electron chi connectivity index (χ3n) is 3.96. The molecule has 1 saturated heterocycles. The zero-order chi connectivity index (χ0) is 17.6. The highest BCUT2D eigenvalue weighted by molar-refractivity contribution is 7.90. The van der Waals surface area contributed by atoms with Crippen LogP contribution in [0, 0.1) is 0 Å². The van der Waals surface area contributed by atoms with Gasteiger partial charge in [0.1, 0.15) is 0 Å². The predicted molar refractivity (Wildman–Crippen MR) is 100 cm³/mol. The second-order valence-corrected chi connectivity index (χ2v) is 9.50. The molecule has 7 nitrogen and oxygen atoms in total. The molecule has 1 heterocycles.